The maximum absolute atomic E-state index is 12.8. The summed E-state index contributed by atoms with van der Waals surface area (Å²) in [6.07, 6.45) is 0. The predicted octanol–water partition coefficient (Wildman–Crippen LogP) is 2.57. The highest BCUT2D eigenvalue weighted by Crippen LogP contribution is 2.30. The highest BCUT2D eigenvalue weighted by atomic mass is 35.5. The number of nitrogens with two attached hydrogens (primary N) is 1. The number of anilines is 1. The Labute approximate surface area is 147 Å². The molecule has 3 N–H and O–H groups in total. The minimum absolute atomic E-state index is 0.0541. The molecular formula is C16H13ClN2O5S. The van der Waals surface area contributed by atoms with Crippen molar-refractivity contribution in [1.29, 1.82) is 0 Å². The number of rotatable bonds is 4. The van der Waals surface area contributed by atoms with Crippen molar-refractivity contribution in [2.24, 2.45) is 5.84 Å². The summed E-state index contributed by atoms with van der Waals surface area (Å²) in [5.41, 5.74) is 2.15. The Morgan fingerprint density at radius 3 is 2.52 bits per heavy atom. The second-order valence-corrected chi connectivity index (χ2v) is 7.39. The molecule has 7 nitrogen and oxygen atoms in total. The normalized spacial score (nSPS) is 11.5. The first kappa shape index (κ1) is 17.3. The summed E-state index contributed by atoms with van der Waals surface area (Å²) in [7, 11) is -2.73. The molecule has 130 valence electrons. The van der Waals surface area contributed by atoms with Gasteiger partial charge in [-0.1, -0.05) is 11.6 Å². The van der Waals surface area contributed by atoms with Crippen molar-refractivity contribution in [3.05, 3.63) is 57.9 Å². The molecule has 0 unspecified atom stereocenters. The minimum atomic E-state index is -4.17. The Balaban J connectivity index is 2.20. The molecule has 1 heterocycles. The van der Waals surface area contributed by atoms with Crippen LogP contribution in [0.25, 0.3) is 11.0 Å². The van der Waals surface area contributed by atoms with Gasteiger partial charge in [0.25, 0.3) is 0 Å². The lowest BCUT2D eigenvalue weighted by atomic mass is 10.2. The van der Waals surface area contributed by atoms with Crippen LogP contribution in [0.1, 0.15) is 0 Å². The average Bonchev–Trinajstić information content (AvgIpc) is 2.59. The number of sulfone groups is 1. The summed E-state index contributed by atoms with van der Waals surface area (Å²) >= 11 is 6.04. The van der Waals surface area contributed by atoms with Gasteiger partial charge in [-0.05, 0) is 30.3 Å². The molecular weight excluding hydrogens is 368 g/mol. The van der Waals surface area contributed by atoms with Crippen molar-refractivity contribution in [2.45, 2.75) is 9.79 Å². The average molecular weight is 381 g/mol. The summed E-state index contributed by atoms with van der Waals surface area (Å²) in [6, 6.07) is 10.0. The predicted molar refractivity (Wildman–Crippen MR) is 93.7 cm³/mol. The van der Waals surface area contributed by atoms with Crippen molar-refractivity contribution in [1.82, 2.24) is 0 Å². The first-order valence-corrected chi connectivity index (χ1v) is 8.86. The molecule has 0 aliphatic rings. The van der Waals surface area contributed by atoms with Gasteiger partial charge in [-0.15, -0.1) is 0 Å². The number of hydrazine groups is 1. The van der Waals surface area contributed by atoms with Gasteiger partial charge in [-0.3, -0.25) is 5.84 Å². The number of ether oxygens (including phenoxy) is 1. The molecule has 0 aliphatic heterocycles. The molecule has 9 heteroatoms. The van der Waals surface area contributed by atoms with Crippen LogP contribution in [0, 0.1) is 0 Å². The van der Waals surface area contributed by atoms with Crippen LogP contribution in [0.3, 0.4) is 0 Å². The van der Waals surface area contributed by atoms with Crippen LogP contribution in [-0.4, -0.2) is 15.5 Å². The summed E-state index contributed by atoms with van der Waals surface area (Å²) in [6.45, 7) is 0. The largest absolute Gasteiger partial charge is 0.497 e. The maximum atomic E-state index is 12.8. The molecule has 0 bridgehead atoms. The molecule has 0 fully saturated rings. The smallest absolute Gasteiger partial charge is 0.355 e. The number of hydrogen-bond donors (Lipinski definition) is 2. The van der Waals surface area contributed by atoms with E-state index in [2.05, 4.69) is 5.43 Å². The zero-order valence-electron chi connectivity index (χ0n) is 12.9. The molecule has 0 amide bonds. The van der Waals surface area contributed by atoms with Crippen LogP contribution >= 0.6 is 11.6 Å². The van der Waals surface area contributed by atoms with Crippen LogP contribution in [0.2, 0.25) is 5.02 Å². The molecule has 0 spiro atoms. The zero-order chi connectivity index (χ0) is 18.2. The van der Waals surface area contributed by atoms with E-state index in [1.807, 2.05) is 0 Å². The van der Waals surface area contributed by atoms with Crippen molar-refractivity contribution < 1.29 is 17.6 Å². The molecule has 0 aliphatic carbocycles. The van der Waals surface area contributed by atoms with E-state index in [0.29, 0.717) is 16.8 Å². The van der Waals surface area contributed by atoms with Gasteiger partial charge in [0.2, 0.25) is 9.84 Å². The van der Waals surface area contributed by atoms with E-state index in [9.17, 15) is 13.2 Å². The van der Waals surface area contributed by atoms with Crippen molar-refractivity contribution in [3.8, 4) is 5.75 Å². The minimum Gasteiger partial charge on any atom is -0.497 e. The maximum Gasteiger partial charge on any atom is 0.355 e. The number of nitrogen functional groups attached to an aromatic ring is 1. The standard InChI is InChI=1S/C16H13ClN2O5S/c1-23-11-4-5-14(12(17)8-11)25(21,22)15-6-9-2-3-10(19-18)7-13(9)24-16(15)20/h2-8,19H,18H2,1H3. The van der Waals surface area contributed by atoms with E-state index >= 15 is 0 Å². The first-order valence-electron chi connectivity index (χ1n) is 7.00. The van der Waals surface area contributed by atoms with Crippen LogP contribution < -0.4 is 21.6 Å². The van der Waals surface area contributed by atoms with Crippen molar-refractivity contribution in [2.75, 3.05) is 12.5 Å². The third-order valence-corrected chi connectivity index (χ3v) is 5.81. The van der Waals surface area contributed by atoms with Crippen LogP contribution in [0.15, 0.2) is 61.5 Å². The summed E-state index contributed by atoms with van der Waals surface area (Å²) in [5.74, 6) is 5.70. The number of hydrogen-bond acceptors (Lipinski definition) is 7. The summed E-state index contributed by atoms with van der Waals surface area (Å²) < 4.78 is 35.8. The van der Waals surface area contributed by atoms with Gasteiger partial charge in [0, 0.05) is 17.5 Å². The van der Waals surface area contributed by atoms with Gasteiger partial charge >= 0.3 is 5.63 Å². The fourth-order valence-corrected chi connectivity index (χ4v) is 4.13. The van der Waals surface area contributed by atoms with E-state index in [-0.39, 0.29) is 15.5 Å². The van der Waals surface area contributed by atoms with E-state index in [4.69, 9.17) is 26.6 Å². The number of nitrogens with one attached hydrogen (secondary N) is 1. The summed E-state index contributed by atoms with van der Waals surface area (Å²) in [5, 5.41) is 0.378. The molecule has 3 rings (SSSR count). The molecule has 0 saturated carbocycles. The van der Waals surface area contributed by atoms with Crippen LogP contribution in [0.4, 0.5) is 5.69 Å². The fourth-order valence-electron chi connectivity index (χ4n) is 2.31. The molecule has 2 aromatic carbocycles. The molecule has 1 aromatic heterocycles. The second kappa shape index (κ2) is 6.40. The molecule has 0 radical (unpaired) electrons. The van der Waals surface area contributed by atoms with Gasteiger partial charge in [0.15, 0.2) is 4.90 Å². The van der Waals surface area contributed by atoms with Crippen molar-refractivity contribution >= 4 is 38.1 Å². The lowest BCUT2D eigenvalue weighted by Crippen LogP contribution is -2.15. The topological polar surface area (TPSA) is 112 Å². The van der Waals surface area contributed by atoms with Crippen LogP contribution in [0.5, 0.6) is 5.75 Å². The van der Waals surface area contributed by atoms with Gasteiger partial charge in [-0.2, -0.15) is 0 Å². The van der Waals surface area contributed by atoms with Gasteiger partial charge in [0.1, 0.15) is 11.3 Å². The SMILES string of the molecule is COc1ccc(S(=O)(=O)c2cc3ccc(NN)cc3oc2=O)c(Cl)c1. The van der Waals surface area contributed by atoms with E-state index in [0.717, 1.165) is 0 Å². The number of benzene rings is 2. The lowest BCUT2D eigenvalue weighted by Gasteiger charge is -2.08. The Hall–Kier alpha value is -2.55. The highest BCUT2D eigenvalue weighted by molar-refractivity contribution is 7.91. The Morgan fingerprint density at radius 2 is 1.88 bits per heavy atom. The number of fused-ring (bicyclic) bond motifs is 1. The molecule has 25 heavy (non-hydrogen) atoms. The van der Waals surface area contributed by atoms with Crippen molar-refractivity contribution in [3.63, 3.8) is 0 Å². The Morgan fingerprint density at radius 1 is 1.12 bits per heavy atom. The molecule has 0 saturated heterocycles. The lowest BCUT2D eigenvalue weighted by molar-refractivity contribution is 0.414. The molecule has 3 aromatic rings. The monoisotopic (exact) mass is 380 g/mol. The van der Waals surface area contributed by atoms with E-state index in [1.54, 1.807) is 12.1 Å². The fraction of sp³-hybridized carbons (Fsp3) is 0.0625. The summed E-state index contributed by atoms with van der Waals surface area (Å²) in [4.78, 5) is 11.5. The van der Waals surface area contributed by atoms with E-state index < -0.39 is 20.4 Å². The quantitative estimate of drug-likeness (QED) is 0.406. The third kappa shape index (κ3) is 3.07. The number of halogens is 1. The van der Waals surface area contributed by atoms with Gasteiger partial charge in [-0.25, -0.2) is 13.2 Å². The van der Waals surface area contributed by atoms with Gasteiger partial charge < -0.3 is 14.6 Å². The molecule has 0 atom stereocenters. The number of methoxy groups -OCH3 is 1. The second-order valence-electron chi connectivity index (χ2n) is 5.09. The third-order valence-electron chi connectivity index (χ3n) is 3.59. The first-order chi connectivity index (χ1) is 11.9. The van der Waals surface area contributed by atoms with Crippen LogP contribution in [-0.2, 0) is 9.84 Å². The Bertz CT molecular complexity index is 1130. The Kier molecular flexibility index (Phi) is 4.42. The highest BCUT2D eigenvalue weighted by Gasteiger charge is 2.26. The van der Waals surface area contributed by atoms with E-state index in [1.165, 1.54) is 37.4 Å². The zero-order valence-corrected chi connectivity index (χ0v) is 14.5. The van der Waals surface area contributed by atoms with Gasteiger partial charge in [0.05, 0.1) is 22.7 Å².